The highest BCUT2D eigenvalue weighted by atomic mass is 19.4. The van der Waals surface area contributed by atoms with Crippen LogP contribution in [0.25, 0.3) is 0 Å². The van der Waals surface area contributed by atoms with Crippen molar-refractivity contribution in [2.24, 2.45) is 0 Å². The van der Waals surface area contributed by atoms with Crippen molar-refractivity contribution < 1.29 is 17.9 Å². The molecule has 0 radical (unpaired) electrons. The van der Waals surface area contributed by atoms with Crippen LogP contribution in [0.15, 0.2) is 30.5 Å². The second kappa shape index (κ2) is 9.21. The molecular formula is C19H21F3N4O. The van der Waals surface area contributed by atoms with Crippen molar-refractivity contribution >= 4 is 11.6 Å². The second-order valence-corrected chi connectivity index (χ2v) is 5.85. The van der Waals surface area contributed by atoms with Gasteiger partial charge in [-0.3, -0.25) is 0 Å². The van der Waals surface area contributed by atoms with Crippen LogP contribution in [-0.2, 0) is 6.18 Å². The van der Waals surface area contributed by atoms with E-state index in [2.05, 4.69) is 9.97 Å². The van der Waals surface area contributed by atoms with Gasteiger partial charge in [-0.15, -0.1) is 0 Å². The van der Waals surface area contributed by atoms with Crippen molar-refractivity contribution in [1.29, 1.82) is 5.26 Å². The Bertz CT molecular complexity index is 802. The van der Waals surface area contributed by atoms with Crippen LogP contribution in [0.2, 0.25) is 0 Å². The average molecular weight is 378 g/mol. The molecule has 1 aromatic carbocycles. The molecule has 1 heterocycles. The smallest absolute Gasteiger partial charge is 0.423 e. The van der Waals surface area contributed by atoms with Gasteiger partial charge in [0.05, 0.1) is 18.2 Å². The number of aromatic nitrogens is 2. The topological polar surface area (TPSA) is 62.0 Å². The molecule has 0 amide bonds. The van der Waals surface area contributed by atoms with Crippen LogP contribution in [0.4, 0.5) is 24.8 Å². The minimum atomic E-state index is -4.60. The number of benzene rings is 1. The summed E-state index contributed by atoms with van der Waals surface area (Å²) in [5.41, 5.74) is 0.0618. The lowest BCUT2D eigenvalue weighted by Crippen LogP contribution is -2.21. The molecule has 0 saturated carbocycles. The third-order valence-corrected chi connectivity index (χ3v) is 3.88. The highest BCUT2D eigenvalue weighted by molar-refractivity contribution is 5.60. The van der Waals surface area contributed by atoms with E-state index in [1.807, 2.05) is 19.9 Å². The maximum Gasteiger partial charge on any atom is 0.423 e. The third-order valence-electron chi connectivity index (χ3n) is 3.88. The molecule has 0 aliphatic carbocycles. The fourth-order valence-electron chi connectivity index (χ4n) is 2.50. The van der Waals surface area contributed by atoms with Gasteiger partial charge in [0.1, 0.15) is 5.56 Å². The number of unbranched alkanes of at least 4 members (excludes halogenated alkanes) is 2. The minimum Gasteiger partial charge on any atom is -0.477 e. The predicted molar refractivity (Wildman–Crippen MR) is 95.9 cm³/mol. The monoisotopic (exact) mass is 378 g/mol. The molecule has 0 fully saturated rings. The zero-order valence-electron chi connectivity index (χ0n) is 15.3. The Balaban J connectivity index is 2.38. The third kappa shape index (κ3) is 5.33. The zero-order chi connectivity index (χ0) is 19.9. The summed E-state index contributed by atoms with van der Waals surface area (Å²) in [4.78, 5) is 9.54. The van der Waals surface area contributed by atoms with Crippen LogP contribution < -0.4 is 9.64 Å². The van der Waals surface area contributed by atoms with Crippen LogP contribution in [0, 0.1) is 11.3 Å². The van der Waals surface area contributed by atoms with Crippen LogP contribution in [-0.4, -0.2) is 23.1 Å². The van der Waals surface area contributed by atoms with Gasteiger partial charge < -0.3 is 9.64 Å². The molecule has 27 heavy (non-hydrogen) atoms. The van der Waals surface area contributed by atoms with Gasteiger partial charge in [0, 0.05) is 18.4 Å². The van der Waals surface area contributed by atoms with Crippen molar-refractivity contribution in [3.05, 3.63) is 41.6 Å². The lowest BCUT2D eigenvalue weighted by molar-refractivity contribution is -0.139. The fraction of sp³-hybridized carbons (Fsp3) is 0.421. The van der Waals surface area contributed by atoms with E-state index < -0.39 is 17.6 Å². The molecule has 2 rings (SSSR count). The minimum absolute atomic E-state index is 0.0890. The highest BCUT2D eigenvalue weighted by Gasteiger charge is 2.36. The number of nitriles is 1. The average Bonchev–Trinajstić information content (AvgIpc) is 2.65. The predicted octanol–water partition coefficient (Wildman–Crippen LogP) is 5.09. The Hall–Kier alpha value is -2.82. The number of hydrogen-bond donors (Lipinski definition) is 0. The summed E-state index contributed by atoms with van der Waals surface area (Å²) in [6.07, 6.45) is -1.41. The van der Waals surface area contributed by atoms with Crippen LogP contribution >= 0.6 is 0 Å². The van der Waals surface area contributed by atoms with Gasteiger partial charge in [0.25, 0.3) is 0 Å². The fourth-order valence-corrected chi connectivity index (χ4v) is 2.50. The molecule has 0 aliphatic heterocycles. The molecule has 1 aromatic heterocycles. The molecule has 0 atom stereocenters. The maximum absolute atomic E-state index is 13.3. The lowest BCUT2D eigenvalue weighted by Gasteiger charge is -2.22. The lowest BCUT2D eigenvalue weighted by atomic mass is 10.2. The standard InChI is InChI=1S/C19H21F3N4O/c1-3-5-6-10-27-17-16(19(20,21)22)13-24-18(25-17)26(4-2)15-9-7-8-14(11-15)12-23/h7-9,11,13H,3-6,10H2,1-2H3. The summed E-state index contributed by atoms with van der Waals surface area (Å²) < 4.78 is 45.1. The summed E-state index contributed by atoms with van der Waals surface area (Å²) >= 11 is 0. The Morgan fingerprint density at radius 3 is 2.63 bits per heavy atom. The van der Waals surface area contributed by atoms with Gasteiger partial charge in [-0.1, -0.05) is 25.8 Å². The van der Waals surface area contributed by atoms with E-state index in [4.69, 9.17) is 10.00 Å². The number of hydrogen-bond acceptors (Lipinski definition) is 5. The molecule has 144 valence electrons. The molecule has 0 spiro atoms. The highest BCUT2D eigenvalue weighted by Crippen LogP contribution is 2.36. The summed E-state index contributed by atoms with van der Waals surface area (Å²) in [6.45, 7) is 4.39. The Kier molecular flexibility index (Phi) is 6.99. The Morgan fingerprint density at radius 1 is 1.22 bits per heavy atom. The number of alkyl halides is 3. The van der Waals surface area contributed by atoms with Gasteiger partial charge in [0.15, 0.2) is 0 Å². The van der Waals surface area contributed by atoms with Crippen molar-refractivity contribution in [3.63, 3.8) is 0 Å². The molecule has 0 aliphatic rings. The molecule has 0 bridgehead atoms. The van der Waals surface area contributed by atoms with Crippen LogP contribution in [0.5, 0.6) is 5.88 Å². The normalized spacial score (nSPS) is 11.1. The SMILES string of the molecule is CCCCCOc1nc(N(CC)c2cccc(C#N)c2)ncc1C(F)(F)F. The van der Waals surface area contributed by atoms with Gasteiger partial charge in [-0.25, -0.2) is 4.98 Å². The number of halogens is 3. The zero-order valence-corrected chi connectivity index (χ0v) is 15.3. The van der Waals surface area contributed by atoms with Gasteiger partial charge in [-0.05, 0) is 31.5 Å². The van der Waals surface area contributed by atoms with Crippen molar-refractivity contribution in [2.75, 3.05) is 18.1 Å². The molecule has 5 nitrogen and oxygen atoms in total. The number of anilines is 2. The Labute approximate surface area is 156 Å². The molecule has 0 saturated heterocycles. The first-order valence-corrected chi connectivity index (χ1v) is 8.75. The Morgan fingerprint density at radius 2 is 2.00 bits per heavy atom. The van der Waals surface area contributed by atoms with E-state index in [1.54, 1.807) is 29.2 Å². The van der Waals surface area contributed by atoms with Crippen molar-refractivity contribution in [2.45, 2.75) is 39.3 Å². The van der Waals surface area contributed by atoms with E-state index in [0.717, 1.165) is 19.0 Å². The molecule has 2 aromatic rings. The van der Waals surface area contributed by atoms with Gasteiger partial charge in [0.2, 0.25) is 11.8 Å². The quantitative estimate of drug-likeness (QED) is 0.599. The second-order valence-electron chi connectivity index (χ2n) is 5.85. The first-order chi connectivity index (χ1) is 12.9. The van der Waals surface area contributed by atoms with E-state index in [-0.39, 0.29) is 12.6 Å². The summed E-state index contributed by atoms with van der Waals surface area (Å²) in [5.74, 6) is -0.385. The van der Waals surface area contributed by atoms with Crippen molar-refractivity contribution in [3.8, 4) is 11.9 Å². The first-order valence-electron chi connectivity index (χ1n) is 8.75. The maximum atomic E-state index is 13.3. The van der Waals surface area contributed by atoms with E-state index in [9.17, 15) is 13.2 Å². The molecular weight excluding hydrogens is 357 g/mol. The largest absolute Gasteiger partial charge is 0.477 e. The summed E-state index contributed by atoms with van der Waals surface area (Å²) in [6, 6.07) is 8.75. The molecule has 0 unspecified atom stereocenters. The van der Waals surface area contributed by atoms with Crippen LogP contribution in [0.1, 0.15) is 44.2 Å². The van der Waals surface area contributed by atoms with Gasteiger partial charge in [-0.2, -0.15) is 23.4 Å². The summed E-state index contributed by atoms with van der Waals surface area (Å²) in [7, 11) is 0. The first kappa shape index (κ1) is 20.5. The molecule has 0 N–H and O–H groups in total. The van der Waals surface area contributed by atoms with E-state index in [0.29, 0.717) is 24.2 Å². The van der Waals surface area contributed by atoms with Crippen LogP contribution in [0.3, 0.4) is 0 Å². The number of ether oxygens (including phenoxy) is 1. The summed E-state index contributed by atoms with van der Waals surface area (Å²) in [5, 5.41) is 9.05. The number of nitrogens with zero attached hydrogens (tertiary/aromatic N) is 4. The number of rotatable bonds is 8. The van der Waals surface area contributed by atoms with Gasteiger partial charge >= 0.3 is 6.18 Å². The molecule has 8 heteroatoms. The van der Waals surface area contributed by atoms with E-state index in [1.165, 1.54) is 0 Å². The van der Waals surface area contributed by atoms with Crippen molar-refractivity contribution in [1.82, 2.24) is 9.97 Å². The van der Waals surface area contributed by atoms with E-state index >= 15 is 0 Å².